The number of halogens is 1. The molecule has 0 amide bonds. The van der Waals surface area contributed by atoms with Crippen LogP contribution in [0.2, 0.25) is 0 Å². The van der Waals surface area contributed by atoms with E-state index in [2.05, 4.69) is 10.3 Å². The van der Waals surface area contributed by atoms with Gasteiger partial charge in [-0.1, -0.05) is 12.1 Å². The fraction of sp³-hybridized carbons (Fsp3) is 0.389. The first kappa shape index (κ1) is 18.8. The Balaban J connectivity index is 2.21. The predicted octanol–water partition coefficient (Wildman–Crippen LogP) is 0.804. The van der Waals surface area contributed by atoms with E-state index in [9.17, 15) is 14.0 Å². The highest BCUT2D eigenvalue weighted by atomic mass is 19.1. The summed E-state index contributed by atoms with van der Waals surface area (Å²) in [4.78, 5) is 29.4. The van der Waals surface area contributed by atoms with E-state index in [0.717, 1.165) is 10.1 Å². The molecule has 8 nitrogen and oxygen atoms in total. The molecule has 144 valence electrons. The van der Waals surface area contributed by atoms with Crippen molar-refractivity contribution in [1.82, 2.24) is 18.7 Å². The maximum absolute atomic E-state index is 13.2. The molecule has 27 heavy (non-hydrogen) atoms. The molecule has 0 unspecified atom stereocenters. The Kier molecular flexibility index (Phi) is 5.13. The summed E-state index contributed by atoms with van der Waals surface area (Å²) in [5.74, 6) is 0.0658. The van der Waals surface area contributed by atoms with Gasteiger partial charge in [-0.3, -0.25) is 18.5 Å². The molecule has 0 aliphatic carbocycles. The number of aliphatic hydroxyl groups excluding tert-OH is 1. The molecule has 0 aliphatic rings. The number of fused-ring (bicyclic) bond motifs is 1. The van der Waals surface area contributed by atoms with E-state index in [1.54, 1.807) is 23.7 Å². The molecule has 0 saturated carbocycles. The van der Waals surface area contributed by atoms with Crippen molar-refractivity contribution in [1.29, 1.82) is 0 Å². The van der Waals surface area contributed by atoms with Crippen LogP contribution >= 0.6 is 0 Å². The van der Waals surface area contributed by atoms with E-state index in [0.29, 0.717) is 12.4 Å². The maximum Gasteiger partial charge on any atom is 0.332 e. The molecule has 0 aliphatic heterocycles. The number of aliphatic hydroxyl groups is 1. The molecule has 1 atom stereocenters. The first-order chi connectivity index (χ1) is 12.8. The minimum Gasteiger partial charge on any atom is -0.396 e. The number of nitrogens with one attached hydrogen (secondary N) is 1. The first-order valence-electron chi connectivity index (χ1n) is 8.61. The lowest BCUT2D eigenvalue weighted by molar-refractivity contribution is 0.282. The van der Waals surface area contributed by atoms with E-state index in [1.807, 2.05) is 6.92 Å². The summed E-state index contributed by atoms with van der Waals surface area (Å²) in [6, 6.07) is 5.87. The van der Waals surface area contributed by atoms with Crippen LogP contribution in [0, 0.1) is 5.82 Å². The van der Waals surface area contributed by atoms with Crippen LogP contribution in [-0.4, -0.2) is 36.4 Å². The van der Waals surface area contributed by atoms with Gasteiger partial charge in [-0.2, -0.15) is 4.98 Å². The zero-order valence-electron chi connectivity index (χ0n) is 15.4. The Labute approximate surface area is 154 Å². The molecule has 2 N–H and O–H groups in total. The van der Waals surface area contributed by atoms with Crippen molar-refractivity contribution in [2.75, 3.05) is 11.9 Å². The molecule has 3 aromatic rings. The Bertz CT molecular complexity index is 1080. The summed E-state index contributed by atoms with van der Waals surface area (Å²) in [6.07, 6.45) is 0.497. The van der Waals surface area contributed by atoms with Crippen LogP contribution in [0.3, 0.4) is 0 Å². The van der Waals surface area contributed by atoms with Crippen LogP contribution in [0.1, 0.15) is 18.9 Å². The Morgan fingerprint density at radius 2 is 1.85 bits per heavy atom. The molecule has 3 rings (SSSR count). The largest absolute Gasteiger partial charge is 0.396 e. The summed E-state index contributed by atoms with van der Waals surface area (Å²) in [5, 5.41) is 12.3. The Hall–Kier alpha value is -2.94. The molecular formula is C18H22FN5O3. The lowest BCUT2D eigenvalue weighted by Crippen LogP contribution is -2.37. The number of nitrogens with zero attached hydrogens (tertiary/aromatic N) is 4. The molecule has 0 spiro atoms. The fourth-order valence-corrected chi connectivity index (χ4v) is 2.97. The summed E-state index contributed by atoms with van der Waals surface area (Å²) < 4.78 is 17.3. The van der Waals surface area contributed by atoms with Crippen molar-refractivity contribution < 1.29 is 9.50 Å². The zero-order chi connectivity index (χ0) is 19.7. The van der Waals surface area contributed by atoms with Crippen LogP contribution in [0.5, 0.6) is 0 Å². The molecule has 0 saturated heterocycles. The second-order valence-electron chi connectivity index (χ2n) is 6.58. The van der Waals surface area contributed by atoms with Gasteiger partial charge in [-0.05, 0) is 31.0 Å². The lowest BCUT2D eigenvalue weighted by atomic mass is 10.2. The molecule has 2 aromatic heterocycles. The van der Waals surface area contributed by atoms with Crippen molar-refractivity contribution in [2.24, 2.45) is 14.1 Å². The van der Waals surface area contributed by atoms with Crippen LogP contribution in [-0.2, 0) is 20.6 Å². The number of imidazole rings is 1. The van der Waals surface area contributed by atoms with Gasteiger partial charge in [0.2, 0.25) is 5.95 Å². The highest BCUT2D eigenvalue weighted by Crippen LogP contribution is 2.19. The number of anilines is 1. The Morgan fingerprint density at radius 1 is 1.19 bits per heavy atom. The van der Waals surface area contributed by atoms with E-state index in [1.165, 1.54) is 23.7 Å². The molecule has 0 fully saturated rings. The minimum absolute atomic E-state index is 0.00656. The maximum atomic E-state index is 13.2. The van der Waals surface area contributed by atoms with Gasteiger partial charge in [0.25, 0.3) is 5.56 Å². The van der Waals surface area contributed by atoms with Crippen molar-refractivity contribution >= 4 is 17.1 Å². The van der Waals surface area contributed by atoms with Gasteiger partial charge in [0.1, 0.15) is 5.82 Å². The van der Waals surface area contributed by atoms with Crippen LogP contribution in [0.4, 0.5) is 10.3 Å². The predicted molar refractivity (Wildman–Crippen MR) is 101 cm³/mol. The summed E-state index contributed by atoms with van der Waals surface area (Å²) in [7, 11) is 2.97. The third kappa shape index (κ3) is 3.50. The van der Waals surface area contributed by atoms with Gasteiger partial charge < -0.3 is 10.4 Å². The summed E-state index contributed by atoms with van der Waals surface area (Å²) in [5.41, 5.74) is 0.412. The number of rotatable bonds is 6. The van der Waals surface area contributed by atoms with Crippen molar-refractivity contribution in [3.8, 4) is 0 Å². The molecular weight excluding hydrogens is 353 g/mol. The molecule has 9 heteroatoms. The topological polar surface area (TPSA) is 94.1 Å². The number of hydrogen-bond donors (Lipinski definition) is 2. The minimum atomic E-state index is -0.464. The zero-order valence-corrected chi connectivity index (χ0v) is 15.4. The average molecular weight is 375 g/mol. The van der Waals surface area contributed by atoms with E-state index < -0.39 is 11.2 Å². The second-order valence-corrected chi connectivity index (χ2v) is 6.58. The number of aryl methyl sites for hydroxylation is 1. The van der Waals surface area contributed by atoms with Crippen molar-refractivity contribution in [3.05, 3.63) is 56.5 Å². The highest BCUT2D eigenvalue weighted by Gasteiger charge is 2.20. The van der Waals surface area contributed by atoms with Crippen molar-refractivity contribution in [2.45, 2.75) is 25.9 Å². The van der Waals surface area contributed by atoms with Crippen LogP contribution in [0.15, 0.2) is 33.9 Å². The average Bonchev–Trinajstić information content (AvgIpc) is 2.98. The Morgan fingerprint density at radius 3 is 2.48 bits per heavy atom. The fourth-order valence-electron chi connectivity index (χ4n) is 2.97. The molecule has 2 heterocycles. The molecule has 1 aromatic carbocycles. The van der Waals surface area contributed by atoms with Gasteiger partial charge in [0.15, 0.2) is 11.2 Å². The smallest absolute Gasteiger partial charge is 0.332 e. The standard InChI is InChI=1S/C18H22FN5O3/c1-11(8-9-25)20-17-21-15-14(16(26)23(3)18(27)22(15)2)24(17)10-12-4-6-13(19)7-5-12/h4-7,11,25H,8-10H2,1-3H3,(H,20,21)/t11-/m1/s1. The highest BCUT2D eigenvalue weighted by molar-refractivity contribution is 5.74. The number of aromatic nitrogens is 4. The summed E-state index contributed by atoms with van der Waals surface area (Å²) >= 11 is 0. The number of hydrogen-bond acceptors (Lipinski definition) is 5. The third-order valence-corrected chi connectivity index (χ3v) is 4.54. The normalized spacial score (nSPS) is 12.5. The second kappa shape index (κ2) is 7.36. The molecule has 0 radical (unpaired) electrons. The van der Waals surface area contributed by atoms with E-state index in [4.69, 9.17) is 5.11 Å². The first-order valence-corrected chi connectivity index (χ1v) is 8.61. The lowest BCUT2D eigenvalue weighted by Gasteiger charge is -2.15. The van der Waals surface area contributed by atoms with E-state index in [-0.39, 0.29) is 36.2 Å². The van der Waals surface area contributed by atoms with E-state index >= 15 is 0 Å². The van der Waals surface area contributed by atoms with Gasteiger partial charge in [-0.15, -0.1) is 0 Å². The van der Waals surface area contributed by atoms with Crippen molar-refractivity contribution in [3.63, 3.8) is 0 Å². The van der Waals surface area contributed by atoms with Gasteiger partial charge in [0, 0.05) is 26.7 Å². The monoisotopic (exact) mass is 375 g/mol. The number of benzene rings is 1. The SMILES string of the molecule is C[C@H](CCO)Nc1nc2c(c(=O)n(C)c(=O)n2C)n1Cc1ccc(F)cc1. The van der Waals surface area contributed by atoms with Crippen LogP contribution in [0.25, 0.3) is 11.2 Å². The third-order valence-electron chi connectivity index (χ3n) is 4.54. The molecule has 0 bridgehead atoms. The van der Waals surface area contributed by atoms with Crippen LogP contribution < -0.4 is 16.6 Å². The van der Waals surface area contributed by atoms with Gasteiger partial charge in [-0.25, -0.2) is 9.18 Å². The van der Waals surface area contributed by atoms with Gasteiger partial charge in [0.05, 0.1) is 6.54 Å². The quantitative estimate of drug-likeness (QED) is 0.665. The summed E-state index contributed by atoms with van der Waals surface area (Å²) in [6.45, 7) is 2.17. The van der Waals surface area contributed by atoms with Gasteiger partial charge >= 0.3 is 5.69 Å².